The van der Waals surface area contributed by atoms with Crippen molar-refractivity contribution >= 4 is 0 Å². The van der Waals surface area contributed by atoms with Crippen molar-refractivity contribution in [2.75, 3.05) is 21.0 Å². The van der Waals surface area contributed by atoms with Gasteiger partial charge in [-0.2, -0.15) is 0 Å². The van der Waals surface area contributed by atoms with E-state index in [-0.39, 0.29) is 18.8 Å². The van der Waals surface area contributed by atoms with E-state index in [1.165, 1.54) is 51.4 Å². The Labute approximate surface area is 215 Å². The van der Waals surface area contributed by atoms with Crippen LogP contribution in [0.2, 0.25) is 0 Å². The number of aliphatic hydroxyl groups excluding tert-OH is 1. The quantitative estimate of drug-likeness (QED) is 0.372. The maximum atomic E-state index is 11.4. The molecule has 4 heteroatoms. The Morgan fingerprint density at radius 2 is 1.69 bits per heavy atom. The predicted octanol–water partition coefficient (Wildman–Crippen LogP) is 6.55. The third kappa shape index (κ3) is 3.66. The van der Waals surface area contributed by atoms with Crippen LogP contribution in [0, 0.1) is 63.6 Å². The first-order valence-corrected chi connectivity index (χ1v) is 14.9. The number of rotatable bonds is 9. The summed E-state index contributed by atoms with van der Waals surface area (Å²) in [4.78, 5) is 0. The molecule has 5 aliphatic carbocycles. The van der Waals surface area contributed by atoms with Crippen molar-refractivity contribution in [1.29, 1.82) is 0 Å². The highest BCUT2D eigenvalue weighted by molar-refractivity contribution is 5.26. The van der Waals surface area contributed by atoms with Crippen LogP contribution in [-0.2, 0) is 14.2 Å². The Balaban J connectivity index is 1.39. The van der Waals surface area contributed by atoms with Gasteiger partial charge in [-0.1, -0.05) is 41.5 Å². The van der Waals surface area contributed by atoms with Gasteiger partial charge in [0.2, 0.25) is 0 Å². The zero-order chi connectivity index (χ0) is 25.3. The van der Waals surface area contributed by atoms with Crippen molar-refractivity contribution in [3.05, 3.63) is 0 Å². The van der Waals surface area contributed by atoms with Crippen molar-refractivity contribution in [2.24, 2.45) is 63.6 Å². The molecule has 0 unspecified atom stereocenters. The monoisotopic (exact) mass is 490 g/mol. The zero-order valence-electron chi connectivity index (χ0n) is 23.9. The number of methoxy groups -OCH3 is 2. The predicted molar refractivity (Wildman–Crippen MR) is 140 cm³/mol. The number of ether oxygens (including phenoxy) is 3. The second-order valence-electron chi connectivity index (χ2n) is 14.5. The minimum atomic E-state index is -0.462. The van der Waals surface area contributed by atoms with Crippen molar-refractivity contribution < 1.29 is 19.3 Å². The van der Waals surface area contributed by atoms with Gasteiger partial charge in [-0.25, -0.2) is 0 Å². The molecule has 1 spiro atoms. The first kappa shape index (κ1) is 26.4. The van der Waals surface area contributed by atoms with E-state index in [1.807, 2.05) is 7.11 Å². The van der Waals surface area contributed by atoms with Crippen LogP contribution in [0.4, 0.5) is 0 Å². The van der Waals surface area contributed by atoms with Crippen molar-refractivity contribution in [1.82, 2.24) is 0 Å². The van der Waals surface area contributed by atoms with Gasteiger partial charge in [0.25, 0.3) is 0 Å². The first-order chi connectivity index (χ1) is 16.6. The van der Waals surface area contributed by atoms with E-state index in [4.69, 9.17) is 14.2 Å². The molecule has 0 radical (unpaired) electrons. The highest BCUT2D eigenvalue weighted by atomic mass is 16.7. The van der Waals surface area contributed by atoms with E-state index in [2.05, 4.69) is 41.5 Å². The highest BCUT2D eigenvalue weighted by Crippen LogP contribution is 2.82. The van der Waals surface area contributed by atoms with Gasteiger partial charge in [0.1, 0.15) is 6.79 Å². The number of hydrogen-bond acceptors (Lipinski definition) is 4. The van der Waals surface area contributed by atoms with Gasteiger partial charge < -0.3 is 19.3 Å². The maximum absolute atomic E-state index is 11.4. The molecule has 4 nitrogen and oxygen atoms in total. The van der Waals surface area contributed by atoms with Crippen LogP contribution in [0.15, 0.2) is 0 Å². The molecule has 0 aromatic rings. The molecule has 0 saturated heterocycles. The van der Waals surface area contributed by atoms with Gasteiger partial charge in [0.05, 0.1) is 18.3 Å². The van der Waals surface area contributed by atoms with Crippen LogP contribution < -0.4 is 0 Å². The molecule has 0 heterocycles. The minimum Gasteiger partial charge on any atom is -0.390 e. The minimum absolute atomic E-state index is 0.174. The molecule has 5 aliphatic rings. The summed E-state index contributed by atoms with van der Waals surface area (Å²) in [6.45, 7) is 14.5. The second kappa shape index (κ2) is 9.24. The first-order valence-electron chi connectivity index (χ1n) is 14.9. The van der Waals surface area contributed by atoms with Crippen LogP contribution in [-0.4, -0.2) is 44.4 Å². The SMILES string of the molecule is COCO[C@H]([C@@H](C)[C@H]1CC[C@H]2[C@@H]3C[C@@H](OC)[C@]45C[C@@H]4CC[C@]5(C)[C@H]3CC[C@]12C)[C@H](O)[C@@H](C)C(C)C. The third-order valence-corrected chi connectivity index (χ3v) is 13.4. The molecule has 13 atom stereocenters. The maximum Gasteiger partial charge on any atom is 0.146 e. The molecule has 5 saturated carbocycles. The third-order valence-electron chi connectivity index (χ3n) is 13.4. The molecule has 35 heavy (non-hydrogen) atoms. The summed E-state index contributed by atoms with van der Waals surface area (Å²) in [5.74, 6) is 4.91. The summed E-state index contributed by atoms with van der Waals surface area (Å²) in [6, 6.07) is 0. The molecule has 1 N–H and O–H groups in total. The van der Waals surface area contributed by atoms with Crippen LogP contribution in [0.3, 0.4) is 0 Å². The topological polar surface area (TPSA) is 47.9 Å². The molecule has 0 aromatic heterocycles. The average Bonchev–Trinajstić information content (AvgIpc) is 3.34. The Morgan fingerprint density at radius 3 is 2.31 bits per heavy atom. The normalized spacial score (nSPS) is 49.5. The second-order valence-corrected chi connectivity index (χ2v) is 14.5. The fraction of sp³-hybridized carbons (Fsp3) is 1.00. The fourth-order valence-corrected chi connectivity index (χ4v) is 11.1. The van der Waals surface area contributed by atoms with Gasteiger partial charge in [0, 0.05) is 19.6 Å². The zero-order valence-corrected chi connectivity index (χ0v) is 23.9. The molecule has 5 fully saturated rings. The summed E-state index contributed by atoms with van der Waals surface area (Å²) in [6.07, 6.45) is 10.7. The van der Waals surface area contributed by atoms with Crippen LogP contribution in [0.25, 0.3) is 0 Å². The molecular weight excluding hydrogens is 436 g/mol. The Hall–Kier alpha value is -0.160. The average molecular weight is 491 g/mol. The molecule has 5 rings (SSSR count). The largest absolute Gasteiger partial charge is 0.390 e. The van der Waals surface area contributed by atoms with Crippen molar-refractivity contribution in [2.45, 2.75) is 111 Å². The highest BCUT2D eigenvalue weighted by Gasteiger charge is 2.77. The van der Waals surface area contributed by atoms with E-state index in [1.54, 1.807) is 7.11 Å². The standard InChI is InChI=1S/C31H54O4/c1-18(2)19(3)27(32)28(35-17-33-7)20(4)23-9-10-24-22-15-26(34-8)31-16-21(31)11-14-30(31,6)25(22)12-13-29(23,24)5/h18-28,32H,9-17H2,1-8H3/t19-,20-,21-,22-,23+,24-,25-,26+,27+,28+,29+,30+,31-/m0/s1. The summed E-state index contributed by atoms with van der Waals surface area (Å²) < 4.78 is 17.9. The van der Waals surface area contributed by atoms with E-state index >= 15 is 0 Å². The lowest BCUT2D eigenvalue weighted by Crippen LogP contribution is -2.57. The summed E-state index contributed by atoms with van der Waals surface area (Å²) in [7, 11) is 3.68. The van der Waals surface area contributed by atoms with Crippen LogP contribution in [0.1, 0.15) is 92.9 Å². The molecule has 0 aromatic carbocycles. The van der Waals surface area contributed by atoms with E-state index < -0.39 is 6.10 Å². The van der Waals surface area contributed by atoms with E-state index in [0.717, 1.165) is 23.7 Å². The number of aliphatic hydroxyl groups is 1. The number of hydrogen-bond donors (Lipinski definition) is 1. The van der Waals surface area contributed by atoms with Crippen molar-refractivity contribution in [3.8, 4) is 0 Å². The molecular formula is C31H54O4. The fourth-order valence-electron chi connectivity index (χ4n) is 11.1. The smallest absolute Gasteiger partial charge is 0.146 e. The Kier molecular flexibility index (Phi) is 6.98. The Morgan fingerprint density at radius 1 is 0.943 bits per heavy atom. The number of fused-ring (bicyclic) bond motifs is 4. The van der Waals surface area contributed by atoms with Crippen molar-refractivity contribution in [3.63, 3.8) is 0 Å². The van der Waals surface area contributed by atoms with Gasteiger partial charge in [-0.05, 0) is 110 Å². The molecule has 0 bridgehead atoms. The van der Waals surface area contributed by atoms with Gasteiger partial charge >= 0.3 is 0 Å². The molecule has 0 aliphatic heterocycles. The van der Waals surface area contributed by atoms with E-state index in [0.29, 0.717) is 40.1 Å². The van der Waals surface area contributed by atoms with Gasteiger partial charge in [0.15, 0.2) is 0 Å². The summed E-state index contributed by atoms with van der Waals surface area (Å²) in [5, 5.41) is 11.4. The molecule has 202 valence electrons. The van der Waals surface area contributed by atoms with Crippen LogP contribution >= 0.6 is 0 Å². The Bertz CT molecular complexity index is 769. The lowest BCUT2D eigenvalue weighted by molar-refractivity contribution is -0.176. The lowest BCUT2D eigenvalue weighted by Gasteiger charge is -2.61. The molecule has 0 amide bonds. The summed E-state index contributed by atoms with van der Waals surface area (Å²) in [5.41, 5.74) is 1.31. The summed E-state index contributed by atoms with van der Waals surface area (Å²) >= 11 is 0. The van der Waals surface area contributed by atoms with Crippen LogP contribution in [0.5, 0.6) is 0 Å². The van der Waals surface area contributed by atoms with Gasteiger partial charge in [-0.15, -0.1) is 0 Å². The van der Waals surface area contributed by atoms with E-state index in [9.17, 15) is 5.11 Å². The van der Waals surface area contributed by atoms with Gasteiger partial charge in [-0.3, -0.25) is 0 Å². The lowest BCUT2D eigenvalue weighted by atomic mass is 9.45.